The largest absolute Gasteiger partial charge is 0.354 e. The van der Waals surface area contributed by atoms with Crippen LogP contribution in [0.25, 0.3) is 11.3 Å². The monoisotopic (exact) mass is 245 g/mol. The first-order chi connectivity index (χ1) is 8.70. The lowest BCUT2D eigenvalue weighted by Crippen LogP contribution is -2.04. The topological polar surface area (TPSA) is 37.8 Å². The molecule has 1 aromatic heterocycles. The smallest absolute Gasteiger partial charge is 0.223 e. The molecule has 2 rings (SSSR count). The normalized spacial score (nSPS) is 10.4. The molecular formula is C14H16FN3. The van der Waals surface area contributed by atoms with Gasteiger partial charge < -0.3 is 5.32 Å². The van der Waals surface area contributed by atoms with E-state index < -0.39 is 0 Å². The molecule has 0 aliphatic rings. The van der Waals surface area contributed by atoms with Gasteiger partial charge in [0.1, 0.15) is 5.82 Å². The first-order valence-electron chi connectivity index (χ1n) is 6.04. The van der Waals surface area contributed by atoms with Crippen LogP contribution in [0.4, 0.5) is 10.3 Å². The summed E-state index contributed by atoms with van der Waals surface area (Å²) < 4.78 is 13.8. The van der Waals surface area contributed by atoms with Crippen LogP contribution in [0.15, 0.2) is 30.5 Å². The average Bonchev–Trinajstić information content (AvgIpc) is 2.39. The number of benzene rings is 1. The predicted molar refractivity (Wildman–Crippen MR) is 70.9 cm³/mol. The molecule has 18 heavy (non-hydrogen) atoms. The van der Waals surface area contributed by atoms with Crippen molar-refractivity contribution >= 4 is 5.95 Å². The van der Waals surface area contributed by atoms with Crippen LogP contribution in [0.2, 0.25) is 0 Å². The van der Waals surface area contributed by atoms with Crippen LogP contribution in [0.1, 0.15) is 18.9 Å². The third-order valence-corrected chi connectivity index (χ3v) is 2.59. The maximum atomic E-state index is 13.8. The van der Waals surface area contributed by atoms with Gasteiger partial charge in [-0.3, -0.25) is 0 Å². The molecule has 0 bridgehead atoms. The fraction of sp³-hybridized carbons (Fsp3) is 0.286. The van der Waals surface area contributed by atoms with Gasteiger partial charge in [0, 0.05) is 18.3 Å². The Bertz CT molecular complexity index is 540. The van der Waals surface area contributed by atoms with Crippen LogP contribution >= 0.6 is 0 Å². The minimum Gasteiger partial charge on any atom is -0.354 e. The van der Waals surface area contributed by atoms with Gasteiger partial charge in [0.15, 0.2) is 0 Å². The van der Waals surface area contributed by atoms with Gasteiger partial charge in [-0.1, -0.05) is 18.6 Å². The van der Waals surface area contributed by atoms with Crippen LogP contribution < -0.4 is 5.32 Å². The van der Waals surface area contributed by atoms with E-state index in [1.165, 1.54) is 6.07 Å². The highest BCUT2D eigenvalue weighted by Crippen LogP contribution is 2.22. The molecule has 0 amide bonds. The highest BCUT2D eigenvalue weighted by atomic mass is 19.1. The van der Waals surface area contributed by atoms with Crippen LogP contribution in [-0.4, -0.2) is 16.5 Å². The summed E-state index contributed by atoms with van der Waals surface area (Å²) in [6, 6.07) is 6.72. The Labute approximate surface area is 106 Å². The van der Waals surface area contributed by atoms with E-state index in [9.17, 15) is 4.39 Å². The maximum Gasteiger partial charge on any atom is 0.223 e. The van der Waals surface area contributed by atoms with Gasteiger partial charge >= 0.3 is 0 Å². The lowest BCUT2D eigenvalue weighted by Gasteiger charge is -2.07. The van der Waals surface area contributed by atoms with Crippen LogP contribution in [0.5, 0.6) is 0 Å². The molecule has 0 radical (unpaired) electrons. The van der Waals surface area contributed by atoms with E-state index in [0.717, 1.165) is 18.5 Å². The van der Waals surface area contributed by atoms with Crippen LogP contribution in [0.3, 0.4) is 0 Å². The Balaban J connectivity index is 2.35. The zero-order chi connectivity index (χ0) is 13.0. The quantitative estimate of drug-likeness (QED) is 0.897. The Hall–Kier alpha value is -1.97. The zero-order valence-corrected chi connectivity index (χ0v) is 10.6. The summed E-state index contributed by atoms with van der Waals surface area (Å²) in [5.41, 5.74) is 2.12. The van der Waals surface area contributed by atoms with Crippen molar-refractivity contribution in [3.05, 3.63) is 41.8 Å². The lowest BCUT2D eigenvalue weighted by atomic mass is 10.1. The summed E-state index contributed by atoms with van der Waals surface area (Å²) in [6.45, 7) is 4.80. The molecule has 0 saturated carbocycles. The van der Waals surface area contributed by atoms with Crippen molar-refractivity contribution < 1.29 is 4.39 Å². The van der Waals surface area contributed by atoms with E-state index in [0.29, 0.717) is 17.2 Å². The predicted octanol–water partition coefficient (Wildman–Crippen LogP) is 3.41. The average molecular weight is 245 g/mol. The molecule has 0 atom stereocenters. The molecule has 1 aromatic carbocycles. The van der Waals surface area contributed by atoms with Crippen LogP contribution in [0, 0.1) is 12.7 Å². The molecule has 3 nitrogen and oxygen atoms in total. The molecule has 0 aliphatic carbocycles. The molecule has 94 valence electrons. The van der Waals surface area contributed by atoms with Gasteiger partial charge in [-0.15, -0.1) is 0 Å². The zero-order valence-electron chi connectivity index (χ0n) is 10.6. The molecule has 0 spiro atoms. The van der Waals surface area contributed by atoms with Gasteiger partial charge in [-0.25, -0.2) is 14.4 Å². The number of hydrogen-bond acceptors (Lipinski definition) is 3. The van der Waals surface area contributed by atoms with Crippen molar-refractivity contribution in [3.8, 4) is 11.3 Å². The van der Waals surface area contributed by atoms with Crippen molar-refractivity contribution in [2.45, 2.75) is 20.3 Å². The van der Waals surface area contributed by atoms with E-state index in [4.69, 9.17) is 0 Å². The molecule has 0 saturated heterocycles. The third-order valence-electron chi connectivity index (χ3n) is 2.59. The second-order valence-electron chi connectivity index (χ2n) is 4.18. The second kappa shape index (κ2) is 5.58. The maximum absolute atomic E-state index is 13.8. The summed E-state index contributed by atoms with van der Waals surface area (Å²) in [4.78, 5) is 8.43. The number of nitrogens with one attached hydrogen (secondary N) is 1. The number of halogens is 1. The Kier molecular flexibility index (Phi) is 3.87. The Morgan fingerprint density at radius 1 is 1.28 bits per heavy atom. The van der Waals surface area contributed by atoms with Gasteiger partial charge in [0.25, 0.3) is 0 Å². The number of aryl methyl sites for hydroxylation is 1. The van der Waals surface area contributed by atoms with Gasteiger partial charge in [0.2, 0.25) is 5.95 Å². The minimum absolute atomic E-state index is 0.263. The highest BCUT2D eigenvalue weighted by molar-refractivity contribution is 5.61. The molecule has 1 N–H and O–H groups in total. The fourth-order valence-corrected chi connectivity index (χ4v) is 1.67. The standard InChI is InChI=1S/C14H16FN3/c1-3-7-16-14-17-8-6-13(18-14)11-9-10(2)4-5-12(11)15/h4-6,8-9H,3,7H2,1-2H3,(H,16,17,18). The van der Waals surface area contributed by atoms with Crippen molar-refractivity contribution in [3.63, 3.8) is 0 Å². The van der Waals surface area contributed by atoms with Crippen molar-refractivity contribution in [1.82, 2.24) is 9.97 Å². The van der Waals surface area contributed by atoms with E-state index in [-0.39, 0.29) is 5.82 Å². The first-order valence-corrected chi connectivity index (χ1v) is 6.04. The van der Waals surface area contributed by atoms with E-state index in [1.807, 2.05) is 6.92 Å². The molecular weight excluding hydrogens is 229 g/mol. The summed E-state index contributed by atoms with van der Waals surface area (Å²) in [6.07, 6.45) is 2.63. The van der Waals surface area contributed by atoms with Crippen LogP contribution in [-0.2, 0) is 0 Å². The summed E-state index contributed by atoms with van der Waals surface area (Å²) in [7, 11) is 0. The molecule has 1 heterocycles. The first kappa shape index (κ1) is 12.5. The molecule has 0 aliphatic heterocycles. The Morgan fingerprint density at radius 2 is 2.11 bits per heavy atom. The van der Waals surface area contributed by atoms with Crippen molar-refractivity contribution in [2.24, 2.45) is 0 Å². The third kappa shape index (κ3) is 2.83. The summed E-state index contributed by atoms with van der Waals surface area (Å²) in [5, 5.41) is 3.09. The molecule has 0 unspecified atom stereocenters. The molecule has 2 aromatic rings. The Morgan fingerprint density at radius 3 is 2.89 bits per heavy atom. The van der Waals surface area contributed by atoms with Gasteiger partial charge in [0.05, 0.1) is 5.69 Å². The fourth-order valence-electron chi connectivity index (χ4n) is 1.67. The number of hydrogen-bond donors (Lipinski definition) is 1. The second-order valence-corrected chi connectivity index (χ2v) is 4.18. The van der Waals surface area contributed by atoms with E-state index in [2.05, 4.69) is 22.2 Å². The number of nitrogens with zero attached hydrogens (tertiary/aromatic N) is 2. The number of anilines is 1. The molecule has 4 heteroatoms. The van der Waals surface area contributed by atoms with Gasteiger partial charge in [-0.2, -0.15) is 0 Å². The minimum atomic E-state index is -0.263. The summed E-state index contributed by atoms with van der Waals surface area (Å²) >= 11 is 0. The lowest BCUT2D eigenvalue weighted by molar-refractivity contribution is 0.630. The highest BCUT2D eigenvalue weighted by Gasteiger charge is 2.07. The van der Waals surface area contributed by atoms with Crippen molar-refractivity contribution in [1.29, 1.82) is 0 Å². The van der Waals surface area contributed by atoms with Gasteiger partial charge in [-0.05, 0) is 31.5 Å². The number of aromatic nitrogens is 2. The van der Waals surface area contributed by atoms with E-state index >= 15 is 0 Å². The molecule has 0 fully saturated rings. The number of rotatable bonds is 4. The van der Waals surface area contributed by atoms with Crippen molar-refractivity contribution in [2.75, 3.05) is 11.9 Å². The SMILES string of the molecule is CCCNc1nccc(-c2cc(C)ccc2F)n1. The van der Waals surface area contributed by atoms with E-state index in [1.54, 1.807) is 24.4 Å². The summed E-state index contributed by atoms with van der Waals surface area (Å²) in [5.74, 6) is 0.274.